The summed E-state index contributed by atoms with van der Waals surface area (Å²) in [5.74, 6) is -0.956. The van der Waals surface area contributed by atoms with Crippen LogP contribution in [-0.4, -0.2) is 23.1 Å². The number of benzene rings is 2. The first kappa shape index (κ1) is 25.6. The monoisotopic (exact) mass is 438 g/mol. The maximum absolute atomic E-state index is 13.4. The van der Waals surface area contributed by atoms with Crippen LogP contribution >= 0.6 is 0 Å². The lowest BCUT2D eigenvalue weighted by Crippen LogP contribution is -2.53. The van der Waals surface area contributed by atoms with Crippen molar-refractivity contribution in [1.82, 2.24) is 10.6 Å². The van der Waals surface area contributed by atoms with Gasteiger partial charge in [-0.05, 0) is 61.9 Å². The van der Waals surface area contributed by atoms with Gasteiger partial charge in [0.15, 0.2) is 0 Å². The Labute approximate surface area is 193 Å². The van der Waals surface area contributed by atoms with E-state index in [0.717, 1.165) is 47.5 Å². The zero-order valence-corrected chi connectivity index (χ0v) is 20.6. The zero-order chi connectivity index (χ0) is 23.9. The summed E-state index contributed by atoms with van der Waals surface area (Å²) >= 11 is 0. The summed E-state index contributed by atoms with van der Waals surface area (Å²) in [5.41, 5.74) is 7.05. The molecule has 0 aliphatic heterocycles. The Morgan fingerprint density at radius 1 is 0.969 bits per heavy atom. The largest absolute Gasteiger partial charge is 0.365 e. The molecule has 1 unspecified atom stereocenters. The number of hydrazine groups is 1. The van der Waals surface area contributed by atoms with Gasteiger partial charge in [-0.2, -0.15) is 5.43 Å². The molecule has 0 heterocycles. The van der Waals surface area contributed by atoms with Crippen molar-refractivity contribution < 1.29 is 14.4 Å². The number of hydrogen-bond acceptors (Lipinski definition) is 4. The molecule has 0 aromatic heterocycles. The van der Waals surface area contributed by atoms with Gasteiger partial charge in [0.1, 0.15) is 0 Å². The third-order valence-corrected chi connectivity index (χ3v) is 5.59. The molecule has 0 aliphatic rings. The first-order chi connectivity index (χ1) is 15.0. The zero-order valence-electron chi connectivity index (χ0n) is 20.6. The van der Waals surface area contributed by atoms with Crippen molar-refractivity contribution in [3.05, 3.63) is 70.3 Å². The van der Waals surface area contributed by atoms with Crippen LogP contribution < -0.4 is 5.43 Å². The molecule has 0 spiro atoms. The number of hydrogen-bond donors (Lipinski definition) is 1. The van der Waals surface area contributed by atoms with Crippen molar-refractivity contribution in [2.45, 2.75) is 80.2 Å². The summed E-state index contributed by atoms with van der Waals surface area (Å²) in [4.78, 5) is 32.0. The van der Waals surface area contributed by atoms with Crippen LogP contribution in [-0.2, 0) is 11.3 Å². The normalized spacial score (nSPS) is 12.3. The van der Waals surface area contributed by atoms with Crippen molar-refractivity contribution >= 4 is 11.9 Å². The van der Waals surface area contributed by atoms with Crippen LogP contribution in [0.15, 0.2) is 42.5 Å². The summed E-state index contributed by atoms with van der Waals surface area (Å²) in [5, 5.41) is 1.03. The second kappa shape index (κ2) is 11.3. The second-order valence-electron chi connectivity index (χ2n) is 9.60. The summed E-state index contributed by atoms with van der Waals surface area (Å²) in [6.07, 6.45) is 3.80. The van der Waals surface area contributed by atoms with Gasteiger partial charge in [0.25, 0.3) is 0 Å². The van der Waals surface area contributed by atoms with E-state index in [9.17, 15) is 9.59 Å². The number of carbonyl (C=O) groups is 2. The Morgan fingerprint density at radius 3 is 2.06 bits per heavy atom. The van der Waals surface area contributed by atoms with Gasteiger partial charge in [0.05, 0.1) is 5.56 Å². The summed E-state index contributed by atoms with van der Waals surface area (Å²) in [6, 6.07) is 12.9. The molecule has 5 heteroatoms. The fourth-order valence-electron chi connectivity index (χ4n) is 3.60. The van der Waals surface area contributed by atoms with E-state index in [1.54, 1.807) is 24.3 Å². The number of aryl methyl sites for hydroxylation is 3. The standard InChI is InChI=1S/C27H38N2O3/c1-8-10-11-24(27(5,6)7)28-29(25(30)22-14-12-21(9-2)13-15-22)32-26(31)23-17-19(3)16-20(4)18-23/h12-18,24,28H,8-11H2,1-7H3. The number of hydroxylamine groups is 1. The predicted octanol–water partition coefficient (Wildman–Crippen LogP) is 6.19. The molecule has 0 saturated carbocycles. The molecule has 0 radical (unpaired) electrons. The van der Waals surface area contributed by atoms with Crippen LogP contribution in [0.3, 0.4) is 0 Å². The second-order valence-corrected chi connectivity index (χ2v) is 9.60. The lowest BCUT2D eigenvalue weighted by molar-refractivity contribution is -0.127. The summed E-state index contributed by atoms with van der Waals surface area (Å²) < 4.78 is 0. The van der Waals surface area contributed by atoms with Crippen LogP contribution in [0.25, 0.3) is 0 Å². The SMILES string of the molecule is CCCCC(NN(OC(=O)c1cc(C)cc(C)c1)C(=O)c1ccc(CC)cc1)C(C)(C)C. The number of amides is 1. The maximum atomic E-state index is 13.4. The van der Waals surface area contributed by atoms with E-state index in [1.807, 2.05) is 32.0 Å². The van der Waals surface area contributed by atoms with Gasteiger partial charge in [-0.15, -0.1) is 0 Å². The molecule has 2 aromatic rings. The molecule has 1 atom stereocenters. The molecule has 0 fully saturated rings. The van der Waals surface area contributed by atoms with E-state index in [4.69, 9.17) is 4.84 Å². The van der Waals surface area contributed by atoms with Crippen molar-refractivity contribution in [3.63, 3.8) is 0 Å². The Hall–Kier alpha value is -2.66. The molecule has 5 nitrogen and oxygen atoms in total. The number of unbranched alkanes of at least 4 members (excludes halogenated alkanes) is 1. The molecule has 32 heavy (non-hydrogen) atoms. The average Bonchev–Trinajstić information content (AvgIpc) is 2.73. The van der Waals surface area contributed by atoms with Crippen LogP contribution in [0, 0.1) is 19.3 Å². The molecule has 0 aliphatic carbocycles. The molecule has 0 bridgehead atoms. The topological polar surface area (TPSA) is 58.6 Å². The Balaban J connectivity index is 2.35. The third-order valence-electron chi connectivity index (χ3n) is 5.59. The minimum atomic E-state index is -0.564. The molecule has 1 amide bonds. The van der Waals surface area contributed by atoms with Gasteiger partial charge in [0, 0.05) is 11.6 Å². The Morgan fingerprint density at radius 2 is 1.56 bits per heavy atom. The lowest BCUT2D eigenvalue weighted by atomic mass is 9.84. The van der Waals surface area contributed by atoms with Crippen molar-refractivity contribution in [3.8, 4) is 0 Å². The van der Waals surface area contributed by atoms with E-state index < -0.39 is 11.9 Å². The number of nitrogens with zero attached hydrogens (tertiary/aromatic N) is 1. The first-order valence-corrected chi connectivity index (χ1v) is 11.5. The summed E-state index contributed by atoms with van der Waals surface area (Å²) in [7, 11) is 0. The highest BCUT2D eigenvalue weighted by Crippen LogP contribution is 2.24. The average molecular weight is 439 g/mol. The molecular formula is C27H38N2O3. The minimum Gasteiger partial charge on any atom is -0.317 e. The Bertz CT molecular complexity index is 893. The fraction of sp³-hybridized carbons (Fsp3) is 0.481. The van der Waals surface area contributed by atoms with Crippen LogP contribution in [0.2, 0.25) is 0 Å². The fourth-order valence-corrected chi connectivity index (χ4v) is 3.60. The van der Waals surface area contributed by atoms with Crippen molar-refractivity contribution in [1.29, 1.82) is 0 Å². The molecule has 0 saturated heterocycles. The third kappa shape index (κ3) is 7.20. The van der Waals surface area contributed by atoms with E-state index in [0.29, 0.717) is 11.1 Å². The van der Waals surface area contributed by atoms with Gasteiger partial charge in [-0.1, -0.05) is 82.0 Å². The summed E-state index contributed by atoms with van der Waals surface area (Å²) in [6.45, 7) is 14.4. The molecule has 1 N–H and O–H groups in total. The molecular weight excluding hydrogens is 400 g/mol. The van der Waals surface area contributed by atoms with Gasteiger partial charge >= 0.3 is 11.9 Å². The number of carbonyl (C=O) groups excluding carboxylic acids is 2. The number of rotatable bonds is 8. The van der Waals surface area contributed by atoms with Crippen LogP contribution in [0.1, 0.15) is 91.3 Å². The van der Waals surface area contributed by atoms with Gasteiger partial charge in [0.2, 0.25) is 0 Å². The maximum Gasteiger partial charge on any atom is 0.365 e. The van der Waals surface area contributed by atoms with E-state index in [1.165, 1.54) is 0 Å². The highest BCUT2D eigenvalue weighted by molar-refractivity contribution is 5.96. The van der Waals surface area contributed by atoms with E-state index in [-0.39, 0.29) is 11.5 Å². The quantitative estimate of drug-likeness (QED) is 0.499. The first-order valence-electron chi connectivity index (χ1n) is 11.5. The van der Waals surface area contributed by atoms with Crippen molar-refractivity contribution in [2.24, 2.45) is 5.41 Å². The van der Waals surface area contributed by atoms with E-state index in [2.05, 4.69) is 40.0 Å². The molecule has 2 rings (SSSR count). The number of nitrogens with one attached hydrogen (secondary N) is 1. The van der Waals surface area contributed by atoms with Crippen molar-refractivity contribution in [2.75, 3.05) is 0 Å². The molecule has 2 aromatic carbocycles. The van der Waals surface area contributed by atoms with Gasteiger partial charge in [-0.3, -0.25) is 4.79 Å². The van der Waals surface area contributed by atoms with Gasteiger partial charge in [-0.25, -0.2) is 4.79 Å². The minimum absolute atomic E-state index is 0.0478. The highest BCUT2D eigenvalue weighted by Gasteiger charge is 2.30. The highest BCUT2D eigenvalue weighted by atomic mass is 16.7. The van der Waals surface area contributed by atoms with Gasteiger partial charge < -0.3 is 4.84 Å². The molecule has 174 valence electrons. The van der Waals surface area contributed by atoms with E-state index >= 15 is 0 Å². The predicted molar refractivity (Wildman–Crippen MR) is 129 cm³/mol. The lowest BCUT2D eigenvalue weighted by Gasteiger charge is -2.35. The van der Waals surface area contributed by atoms with Crippen LogP contribution in [0.5, 0.6) is 0 Å². The Kier molecular flexibility index (Phi) is 9.02. The van der Waals surface area contributed by atoms with Crippen LogP contribution in [0.4, 0.5) is 0 Å². The smallest absolute Gasteiger partial charge is 0.317 e.